The molecule has 0 fully saturated rings. The highest BCUT2D eigenvalue weighted by molar-refractivity contribution is 5.89. The van der Waals surface area contributed by atoms with Crippen molar-refractivity contribution >= 4 is 5.97 Å². The first-order chi connectivity index (χ1) is 7.24. The molecule has 0 aliphatic heterocycles. The van der Waals surface area contributed by atoms with Crippen LogP contribution >= 0.6 is 0 Å². The standard InChI is InChI=1S/C13H16O2/c1-3-7-11(2)10-15-13(14)12-8-5-4-6-9-12/h4-9H,3,10H2,1-2H3. The van der Waals surface area contributed by atoms with Crippen molar-refractivity contribution in [3.05, 3.63) is 47.5 Å². The van der Waals surface area contributed by atoms with E-state index in [0.29, 0.717) is 12.2 Å². The molecule has 0 radical (unpaired) electrons. The minimum absolute atomic E-state index is 0.264. The van der Waals surface area contributed by atoms with Crippen LogP contribution in [0.1, 0.15) is 30.6 Å². The van der Waals surface area contributed by atoms with Crippen LogP contribution in [0.3, 0.4) is 0 Å². The van der Waals surface area contributed by atoms with Crippen molar-refractivity contribution in [1.82, 2.24) is 0 Å². The van der Waals surface area contributed by atoms with Crippen LogP contribution in [-0.4, -0.2) is 12.6 Å². The fraction of sp³-hybridized carbons (Fsp3) is 0.308. The molecule has 0 aliphatic rings. The fourth-order valence-corrected chi connectivity index (χ4v) is 1.24. The number of hydrogen-bond acceptors (Lipinski definition) is 2. The zero-order valence-corrected chi connectivity index (χ0v) is 9.19. The highest BCUT2D eigenvalue weighted by atomic mass is 16.5. The second-order valence-corrected chi connectivity index (χ2v) is 3.40. The maximum atomic E-state index is 11.5. The number of ether oxygens (including phenoxy) is 1. The summed E-state index contributed by atoms with van der Waals surface area (Å²) in [4.78, 5) is 11.5. The van der Waals surface area contributed by atoms with E-state index in [4.69, 9.17) is 4.74 Å². The second-order valence-electron chi connectivity index (χ2n) is 3.40. The molecule has 2 nitrogen and oxygen atoms in total. The van der Waals surface area contributed by atoms with Crippen LogP contribution in [0.4, 0.5) is 0 Å². The van der Waals surface area contributed by atoms with E-state index in [1.807, 2.05) is 25.1 Å². The van der Waals surface area contributed by atoms with Crippen molar-refractivity contribution in [3.63, 3.8) is 0 Å². The highest BCUT2D eigenvalue weighted by Crippen LogP contribution is 2.03. The van der Waals surface area contributed by atoms with Crippen LogP contribution in [-0.2, 0) is 4.74 Å². The molecule has 0 spiro atoms. The lowest BCUT2D eigenvalue weighted by Gasteiger charge is -2.04. The molecule has 0 aliphatic carbocycles. The van der Waals surface area contributed by atoms with Crippen molar-refractivity contribution in [3.8, 4) is 0 Å². The largest absolute Gasteiger partial charge is 0.458 e. The van der Waals surface area contributed by atoms with Gasteiger partial charge in [-0.05, 0) is 31.1 Å². The van der Waals surface area contributed by atoms with Gasteiger partial charge < -0.3 is 4.74 Å². The third-order valence-corrected chi connectivity index (χ3v) is 1.99. The van der Waals surface area contributed by atoms with Crippen LogP contribution < -0.4 is 0 Å². The predicted molar refractivity (Wildman–Crippen MR) is 60.8 cm³/mol. The Labute approximate surface area is 90.6 Å². The zero-order chi connectivity index (χ0) is 11.1. The summed E-state index contributed by atoms with van der Waals surface area (Å²) in [5.41, 5.74) is 1.68. The zero-order valence-electron chi connectivity index (χ0n) is 9.19. The number of benzene rings is 1. The first-order valence-corrected chi connectivity index (χ1v) is 5.12. The lowest BCUT2D eigenvalue weighted by Crippen LogP contribution is -2.06. The van der Waals surface area contributed by atoms with E-state index in [0.717, 1.165) is 12.0 Å². The maximum absolute atomic E-state index is 11.5. The number of hydrogen-bond donors (Lipinski definition) is 0. The number of carbonyl (C=O) groups excluding carboxylic acids is 1. The maximum Gasteiger partial charge on any atom is 0.338 e. The molecule has 80 valence electrons. The summed E-state index contributed by atoms with van der Waals surface area (Å²) < 4.78 is 5.14. The van der Waals surface area contributed by atoms with E-state index < -0.39 is 0 Å². The van der Waals surface area contributed by atoms with E-state index in [1.54, 1.807) is 12.1 Å². The molecule has 0 heterocycles. The highest BCUT2D eigenvalue weighted by Gasteiger charge is 2.05. The van der Waals surface area contributed by atoms with Gasteiger partial charge in [0.05, 0.1) is 5.56 Å². The van der Waals surface area contributed by atoms with Gasteiger partial charge in [0.1, 0.15) is 6.61 Å². The van der Waals surface area contributed by atoms with Crippen molar-refractivity contribution < 1.29 is 9.53 Å². The van der Waals surface area contributed by atoms with Crippen molar-refractivity contribution in [2.45, 2.75) is 20.3 Å². The Balaban J connectivity index is 2.47. The Morgan fingerprint density at radius 3 is 2.60 bits per heavy atom. The number of rotatable bonds is 4. The lowest BCUT2D eigenvalue weighted by atomic mass is 10.2. The number of esters is 1. The van der Waals surface area contributed by atoms with Crippen molar-refractivity contribution in [1.29, 1.82) is 0 Å². The minimum atomic E-state index is -0.264. The fourth-order valence-electron chi connectivity index (χ4n) is 1.24. The van der Waals surface area contributed by atoms with Gasteiger partial charge in [-0.15, -0.1) is 0 Å². The molecule has 15 heavy (non-hydrogen) atoms. The molecule has 0 bridgehead atoms. The van der Waals surface area contributed by atoms with Gasteiger partial charge in [-0.1, -0.05) is 31.2 Å². The average Bonchev–Trinajstić information content (AvgIpc) is 2.27. The third kappa shape index (κ3) is 3.98. The SMILES string of the molecule is CCC=C(C)COC(=O)c1ccccc1. The molecule has 0 aromatic heterocycles. The topological polar surface area (TPSA) is 26.3 Å². The second kappa shape index (κ2) is 6.02. The normalized spacial score (nSPS) is 11.2. The molecule has 0 saturated carbocycles. The molecular weight excluding hydrogens is 188 g/mol. The quantitative estimate of drug-likeness (QED) is 0.556. The minimum Gasteiger partial charge on any atom is -0.458 e. The first kappa shape index (κ1) is 11.5. The van der Waals surface area contributed by atoms with Gasteiger partial charge in [0, 0.05) is 0 Å². The van der Waals surface area contributed by atoms with Crippen LogP contribution in [0.15, 0.2) is 42.0 Å². The Bertz CT molecular complexity index is 339. The van der Waals surface area contributed by atoms with Gasteiger partial charge in [-0.2, -0.15) is 0 Å². The molecule has 0 amide bonds. The summed E-state index contributed by atoms with van der Waals surface area (Å²) in [6, 6.07) is 9.03. The summed E-state index contributed by atoms with van der Waals surface area (Å²) in [5, 5.41) is 0. The third-order valence-electron chi connectivity index (χ3n) is 1.99. The smallest absolute Gasteiger partial charge is 0.338 e. The van der Waals surface area contributed by atoms with Gasteiger partial charge in [0.25, 0.3) is 0 Å². The van der Waals surface area contributed by atoms with Gasteiger partial charge in [-0.25, -0.2) is 4.79 Å². The van der Waals surface area contributed by atoms with E-state index in [2.05, 4.69) is 13.0 Å². The Morgan fingerprint density at radius 1 is 1.33 bits per heavy atom. The van der Waals surface area contributed by atoms with Gasteiger partial charge in [0.2, 0.25) is 0 Å². The molecule has 1 aromatic carbocycles. The summed E-state index contributed by atoms with van der Waals surface area (Å²) in [5.74, 6) is -0.264. The first-order valence-electron chi connectivity index (χ1n) is 5.12. The van der Waals surface area contributed by atoms with E-state index in [-0.39, 0.29) is 5.97 Å². The van der Waals surface area contributed by atoms with Crippen LogP contribution in [0.25, 0.3) is 0 Å². The molecule has 1 rings (SSSR count). The molecule has 0 unspecified atom stereocenters. The summed E-state index contributed by atoms with van der Waals surface area (Å²) >= 11 is 0. The van der Waals surface area contributed by atoms with E-state index in [1.165, 1.54) is 0 Å². The molecular formula is C13H16O2. The Hall–Kier alpha value is -1.57. The number of allylic oxidation sites excluding steroid dienone is 1. The lowest BCUT2D eigenvalue weighted by molar-refractivity contribution is 0.0540. The number of carbonyl (C=O) groups is 1. The predicted octanol–water partition coefficient (Wildman–Crippen LogP) is 3.20. The van der Waals surface area contributed by atoms with Crippen LogP contribution in [0, 0.1) is 0 Å². The molecule has 1 aromatic rings. The van der Waals surface area contributed by atoms with Crippen LogP contribution in [0.2, 0.25) is 0 Å². The molecule has 0 N–H and O–H groups in total. The van der Waals surface area contributed by atoms with Crippen LogP contribution in [0.5, 0.6) is 0 Å². The molecule has 0 saturated heterocycles. The van der Waals surface area contributed by atoms with Gasteiger partial charge >= 0.3 is 5.97 Å². The van der Waals surface area contributed by atoms with Crippen molar-refractivity contribution in [2.24, 2.45) is 0 Å². The van der Waals surface area contributed by atoms with E-state index >= 15 is 0 Å². The average molecular weight is 204 g/mol. The Kier molecular flexibility index (Phi) is 4.61. The monoisotopic (exact) mass is 204 g/mol. The molecule has 2 heteroatoms. The van der Waals surface area contributed by atoms with Gasteiger partial charge in [-0.3, -0.25) is 0 Å². The van der Waals surface area contributed by atoms with Crippen molar-refractivity contribution in [2.75, 3.05) is 6.61 Å². The summed E-state index contributed by atoms with van der Waals surface area (Å²) in [6.45, 7) is 4.39. The van der Waals surface area contributed by atoms with Gasteiger partial charge in [0.15, 0.2) is 0 Å². The molecule has 0 atom stereocenters. The summed E-state index contributed by atoms with van der Waals surface area (Å²) in [6.07, 6.45) is 3.02. The summed E-state index contributed by atoms with van der Waals surface area (Å²) in [7, 11) is 0. The van der Waals surface area contributed by atoms with E-state index in [9.17, 15) is 4.79 Å². The Morgan fingerprint density at radius 2 is 2.00 bits per heavy atom.